The first kappa shape index (κ1) is 14.8. The van der Waals surface area contributed by atoms with E-state index >= 15 is 0 Å². The van der Waals surface area contributed by atoms with Crippen molar-refractivity contribution in [2.75, 3.05) is 0 Å². The third-order valence-corrected chi connectivity index (χ3v) is 5.48. The van der Waals surface area contributed by atoms with Crippen molar-refractivity contribution in [3.8, 4) is 0 Å². The predicted molar refractivity (Wildman–Crippen MR) is 81.7 cm³/mol. The minimum Gasteiger partial charge on any atom is -0.347 e. The maximum absolute atomic E-state index is 6.60. The fourth-order valence-corrected chi connectivity index (χ4v) is 4.33. The van der Waals surface area contributed by atoms with E-state index in [0.29, 0.717) is 12.2 Å². The minimum absolute atomic E-state index is 0.206. The maximum atomic E-state index is 6.60. The number of rotatable bonds is 4. The Balaban J connectivity index is 1.60. The summed E-state index contributed by atoms with van der Waals surface area (Å²) in [6.45, 7) is 0. The molecule has 3 aliphatic carbocycles. The van der Waals surface area contributed by atoms with Crippen LogP contribution in [0.25, 0.3) is 0 Å². The van der Waals surface area contributed by atoms with Gasteiger partial charge in [0.15, 0.2) is 5.79 Å². The standard InChI is InChI=1S/C18H32O2/c1-4-10-16(11-5-1)19-18(14-8-3-9-15-18)20-17-12-6-2-7-13-17/h16-17H,1-15H2. The van der Waals surface area contributed by atoms with Crippen molar-refractivity contribution < 1.29 is 9.47 Å². The quantitative estimate of drug-likeness (QED) is 0.647. The van der Waals surface area contributed by atoms with Gasteiger partial charge in [0.25, 0.3) is 0 Å². The Labute approximate surface area is 124 Å². The first-order valence-electron chi connectivity index (χ1n) is 9.22. The second kappa shape index (κ2) is 7.26. The van der Waals surface area contributed by atoms with Crippen LogP contribution in [0.15, 0.2) is 0 Å². The molecule has 0 saturated heterocycles. The zero-order valence-electron chi connectivity index (χ0n) is 13.1. The molecule has 0 unspecified atom stereocenters. The predicted octanol–water partition coefficient (Wildman–Crippen LogP) is 5.35. The average Bonchev–Trinajstić information content (AvgIpc) is 2.50. The van der Waals surface area contributed by atoms with Crippen molar-refractivity contribution in [1.82, 2.24) is 0 Å². The Bertz CT molecular complexity index is 249. The van der Waals surface area contributed by atoms with Crippen molar-refractivity contribution in [3.05, 3.63) is 0 Å². The van der Waals surface area contributed by atoms with Gasteiger partial charge in [-0.05, 0) is 38.5 Å². The minimum atomic E-state index is -0.206. The van der Waals surface area contributed by atoms with Gasteiger partial charge in [-0.1, -0.05) is 44.9 Å². The summed E-state index contributed by atoms with van der Waals surface area (Å²) < 4.78 is 13.2. The average molecular weight is 280 g/mol. The van der Waals surface area contributed by atoms with Crippen LogP contribution in [0.5, 0.6) is 0 Å². The lowest BCUT2D eigenvalue weighted by Crippen LogP contribution is -2.45. The summed E-state index contributed by atoms with van der Waals surface area (Å²) in [7, 11) is 0. The van der Waals surface area contributed by atoms with Gasteiger partial charge < -0.3 is 9.47 Å². The molecule has 3 rings (SSSR count). The zero-order chi connectivity index (χ0) is 13.7. The summed E-state index contributed by atoms with van der Waals surface area (Å²) in [4.78, 5) is 0. The van der Waals surface area contributed by atoms with E-state index in [9.17, 15) is 0 Å². The summed E-state index contributed by atoms with van der Waals surface area (Å²) in [6, 6.07) is 0. The van der Waals surface area contributed by atoms with E-state index in [4.69, 9.17) is 9.47 Å². The number of hydrogen-bond donors (Lipinski definition) is 0. The Kier molecular flexibility index (Phi) is 5.39. The highest BCUT2D eigenvalue weighted by atomic mass is 16.7. The van der Waals surface area contributed by atoms with E-state index in [1.165, 1.54) is 83.5 Å². The summed E-state index contributed by atoms with van der Waals surface area (Å²) in [6.07, 6.45) is 20.4. The van der Waals surface area contributed by atoms with Gasteiger partial charge in [-0.15, -0.1) is 0 Å². The monoisotopic (exact) mass is 280 g/mol. The first-order valence-corrected chi connectivity index (χ1v) is 9.22. The molecule has 2 nitrogen and oxygen atoms in total. The Morgan fingerprint density at radius 1 is 0.500 bits per heavy atom. The van der Waals surface area contributed by atoms with Gasteiger partial charge in [-0.25, -0.2) is 0 Å². The zero-order valence-corrected chi connectivity index (χ0v) is 13.1. The highest BCUT2D eigenvalue weighted by Crippen LogP contribution is 2.39. The topological polar surface area (TPSA) is 18.5 Å². The molecule has 3 fully saturated rings. The SMILES string of the molecule is C1CCC(OC2(OC3CCCCC3)CCCCC2)CC1. The number of hydrogen-bond acceptors (Lipinski definition) is 2. The molecule has 0 aromatic heterocycles. The highest BCUT2D eigenvalue weighted by molar-refractivity contribution is 4.81. The van der Waals surface area contributed by atoms with E-state index < -0.39 is 0 Å². The molecule has 20 heavy (non-hydrogen) atoms. The van der Waals surface area contributed by atoms with Gasteiger partial charge in [0.2, 0.25) is 0 Å². The highest BCUT2D eigenvalue weighted by Gasteiger charge is 2.39. The molecule has 0 spiro atoms. The van der Waals surface area contributed by atoms with Crippen LogP contribution in [-0.4, -0.2) is 18.0 Å². The third-order valence-electron chi connectivity index (χ3n) is 5.48. The molecule has 0 N–H and O–H groups in total. The fourth-order valence-electron chi connectivity index (χ4n) is 4.33. The van der Waals surface area contributed by atoms with Gasteiger partial charge in [-0.2, -0.15) is 0 Å². The summed E-state index contributed by atoms with van der Waals surface area (Å²) in [5.41, 5.74) is 0. The normalized spacial score (nSPS) is 29.4. The van der Waals surface area contributed by atoms with Crippen molar-refractivity contribution >= 4 is 0 Å². The van der Waals surface area contributed by atoms with Crippen LogP contribution in [0.1, 0.15) is 96.3 Å². The Hall–Kier alpha value is -0.0800. The third kappa shape index (κ3) is 3.98. The Morgan fingerprint density at radius 3 is 1.35 bits per heavy atom. The van der Waals surface area contributed by atoms with E-state index in [1.807, 2.05) is 0 Å². The Morgan fingerprint density at radius 2 is 0.900 bits per heavy atom. The lowest BCUT2D eigenvalue weighted by atomic mass is 9.91. The van der Waals surface area contributed by atoms with Gasteiger partial charge in [0, 0.05) is 12.8 Å². The van der Waals surface area contributed by atoms with Crippen LogP contribution >= 0.6 is 0 Å². The van der Waals surface area contributed by atoms with Crippen molar-refractivity contribution in [1.29, 1.82) is 0 Å². The van der Waals surface area contributed by atoms with Gasteiger partial charge in [-0.3, -0.25) is 0 Å². The van der Waals surface area contributed by atoms with E-state index in [2.05, 4.69) is 0 Å². The van der Waals surface area contributed by atoms with E-state index in [0.717, 1.165) is 12.8 Å². The molecule has 3 saturated carbocycles. The molecule has 0 atom stereocenters. The molecule has 0 aromatic carbocycles. The molecule has 0 aliphatic heterocycles. The molecule has 0 radical (unpaired) electrons. The van der Waals surface area contributed by atoms with E-state index in [-0.39, 0.29) is 5.79 Å². The van der Waals surface area contributed by atoms with Crippen LogP contribution in [0.3, 0.4) is 0 Å². The molecule has 116 valence electrons. The lowest BCUT2D eigenvalue weighted by molar-refractivity contribution is -0.297. The fraction of sp³-hybridized carbons (Fsp3) is 1.00. The second-order valence-electron chi connectivity index (χ2n) is 7.23. The molecule has 0 amide bonds. The largest absolute Gasteiger partial charge is 0.347 e. The second-order valence-corrected chi connectivity index (χ2v) is 7.23. The molecular formula is C18H32O2. The van der Waals surface area contributed by atoms with Gasteiger partial charge in [0.05, 0.1) is 12.2 Å². The van der Waals surface area contributed by atoms with Crippen LogP contribution in [0.4, 0.5) is 0 Å². The molecule has 3 aliphatic rings. The molecular weight excluding hydrogens is 248 g/mol. The molecule has 2 heteroatoms. The van der Waals surface area contributed by atoms with Gasteiger partial charge in [0.1, 0.15) is 0 Å². The van der Waals surface area contributed by atoms with Crippen molar-refractivity contribution in [2.45, 2.75) is 114 Å². The van der Waals surface area contributed by atoms with Crippen molar-refractivity contribution in [2.24, 2.45) is 0 Å². The van der Waals surface area contributed by atoms with Crippen molar-refractivity contribution in [3.63, 3.8) is 0 Å². The summed E-state index contributed by atoms with van der Waals surface area (Å²) >= 11 is 0. The molecule has 0 heterocycles. The summed E-state index contributed by atoms with van der Waals surface area (Å²) in [5, 5.41) is 0. The lowest BCUT2D eigenvalue weighted by Gasteiger charge is -2.43. The molecule has 0 aromatic rings. The maximum Gasteiger partial charge on any atom is 0.169 e. The summed E-state index contributed by atoms with van der Waals surface area (Å²) in [5.74, 6) is -0.206. The smallest absolute Gasteiger partial charge is 0.169 e. The first-order chi connectivity index (χ1) is 9.86. The van der Waals surface area contributed by atoms with Crippen LogP contribution in [0, 0.1) is 0 Å². The molecule has 0 bridgehead atoms. The number of ether oxygens (including phenoxy) is 2. The van der Waals surface area contributed by atoms with Crippen LogP contribution in [-0.2, 0) is 9.47 Å². The van der Waals surface area contributed by atoms with Crippen LogP contribution < -0.4 is 0 Å². The van der Waals surface area contributed by atoms with E-state index in [1.54, 1.807) is 0 Å². The van der Waals surface area contributed by atoms with Crippen LogP contribution in [0.2, 0.25) is 0 Å². The van der Waals surface area contributed by atoms with Gasteiger partial charge >= 0.3 is 0 Å².